The van der Waals surface area contributed by atoms with Crippen LogP contribution in [-0.2, 0) is 19.2 Å². The molecule has 0 saturated heterocycles. The quantitative estimate of drug-likeness (QED) is 0.359. The summed E-state index contributed by atoms with van der Waals surface area (Å²) in [6, 6.07) is -1.96. The zero-order chi connectivity index (χ0) is 15.0. The van der Waals surface area contributed by atoms with Crippen LogP contribution in [0, 0.1) is 5.92 Å². The zero-order valence-electron chi connectivity index (χ0n) is 11.0. The SMILES string of the molecule is CC(C)C[C@H](NC(=O)[C@H](CC(N)=O)NC=O)C(N)=O. The summed E-state index contributed by atoms with van der Waals surface area (Å²) in [5, 5.41) is 4.56. The molecule has 4 amide bonds. The standard InChI is InChI=1S/C11H20N4O4/c1-6(2)3-7(10(13)18)15-11(19)8(14-5-16)4-9(12)17/h5-8H,3-4H2,1-2H3,(H2,12,17)(H2,13,18)(H,14,16)(H,15,19)/t7-,8-/m0/s1. The normalized spacial score (nSPS) is 13.4. The van der Waals surface area contributed by atoms with E-state index in [9.17, 15) is 19.2 Å². The number of hydrogen-bond acceptors (Lipinski definition) is 4. The molecule has 108 valence electrons. The lowest BCUT2D eigenvalue weighted by molar-refractivity contribution is -0.131. The van der Waals surface area contributed by atoms with E-state index in [4.69, 9.17) is 11.5 Å². The van der Waals surface area contributed by atoms with E-state index >= 15 is 0 Å². The minimum absolute atomic E-state index is 0.145. The number of rotatable bonds is 9. The van der Waals surface area contributed by atoms with Crippen molar-refractivity contribution in [1.82, 2.24) is 10.6 Å². The van der Waals surface area contributed by atoms with Gasteiger partial charge in [-0.05, 0) is 12.3 Å². The highest BCUT2D eigenvalue weighted by Gasteiger charge is 2.25. The van der Waals surface area contributed by atoms with Crippen LogP contribution in [-0.4, -0.2) is 36.2 Å². The Morgan fingerprint density at radius 2 is 1.74 bits per heavy atom. The van der Waals surface area contributed by atoms with E-state index in [1.165, 1.54) is 0 Å². The Kier molecular flexibility index (Phi) is 7.16. The minimum atomic E-state index is -1.11. The fraction of sp³-hybridized carbons (Fsp3) is 0.636. The molecule has 0 heterocycles. The van der Waals surface area contributed by atoms with Gasteiger partial charge >= 0.3 is 0 Å². The monoisotopic (exact) mass is 272 g/mol. The van der Waals surface area contributed by atoms with Crippen molar-refractivity contribution in [3.05, 3.63) is 0 Å². The first-order chi connectivity index (χ1) is 8.77. The molecule has 0 spiro atoms. The Labute approximate surface area is 111 Å². The van der Waals surface area contributed by atoms with Gasteiger partial charge in [-0.3, -0.25) is 19.2 Å². The topological polar surface area (TPSA) is 144 Å². The van der Waals surface area contributed by atoms with Gasteiger partial charge in [0.15, 0.2) is 0 Å². The molecule has 0 aromatic heterocycles. The lowest BCUT2D eigenvalue weighted by atomic mass is 10.0. The van der Waals surface area contributed by atoms with Gasteiger partial charge in [-0.1, -0.05) is 13.8 Å². The molecule has 0 aliphatic heterocycles. The lowest BCUT2D eigenvalue weighted by Crippen LogP contribution is -2.52. The van der Waals surface area contributed by atoms with Crippen molar-refractivity contribution >= 4 is 24.1 Å². The van der Waals surface area contributed by atoms with Gasteiger partial charge < -0.3 is 22.1 Å². The maximum atomic E-state index is 11.8. The predicted molar refractivity (Wildman–Crippen MR) is 67.4 cm³/mol. The number of hydrogen-bond donors (Lipinski definition) is 4. The Morgan fingerprint density at radius 3 is 2.11 bits per heavy atom. The molecule has 0 aromatic rings. The van der Waals surface area contributed by atoms with Crippen LogP contribution in [0.25, 0.3) is 0 Å². The average Bonchev–Trinajstić information content (AvgIpc) is 2.26. The first-order valence-electron chi connectivity index (χ1n) is 5.85. The molecule has 0 bridgehead atoms. The lowest BCUT2D eigenvalue weighted by Gasteiger charge is -2.21. The molecule has 8 nitrogen and oxygen atoms in total. The zero-order valence-corrected chi connectivity index (χ0v) is 11.0. The van der Waals surface area contributed by atoms with Gasteiger partial charge in [0.2, 0.25) is 24.1 Å². The Bertz CT molecular complexity index is 357. The summed E-state index contributed by atoms with van der Waals surface area (Å²) in [6.07, 6.45) is 0.304. The van der Waals surface area contributed by atoms with Crippen LogP contribution in [0.3, 0.4) is 0 Å². The second-order valence-electron chi connectivity index (χ2n) is 4.60. The molecule has 19 heavy (non-hydrogen) atoms. The molecular formula is C11H20N4O4. The maximum Gasteiger partial charge on any atom is 0.243 e. The highest BCUT2D eigenvalue weighted by atomic mass is 16.2. The van der Waals surface area contributed by atoms with E-state index in [-0.39, 0.29) is 18.7 Å². The number of nitrogens with one attached hydrogen (secondary N) is 2. The van der Waals surface area contributed by atoms with Gasteiger partial charge in [-0.15, -0.1) is 0 Å². The molecule has 0 unspecified atom stereocenters. The number of carbonyl (C=O) groups is 4. The second kappa shape index (κ2) is 8.06. The van der Waals surface area contributed by atoms with Crippen LogP contribution in [0.1, 0.15) is 26.7 Å². The molecule has 0 aliphatic rings. The third kappa shape index (κ3) is 7.02. The van der Waals surface area contributed by atoms with E-state index in [0.29, 0.717) is 6.42 Å². The summed E-state index contributed by atoms with van der Waals surface area (Å²) in [6.45, 7) is 3.74. The summed E-state index contributed by atoms with van der Waals surface area (Å²) < 4.78 is 0. The van der Waals surface area contributed by atoms with E-state index in [2.05, 4.69) is 10.6 Å². The van der Waals surface area contributed by atoms with Gasteiger partial charge in [0.1, 0.15) is 12.1 Å². The summed E-state index contributed by atoms with van der Waals surface area (Å²) >= 11 is 0. The molecule has 0 aliphatic carbocycles. The van der Waals surface area contributed by atoms with Gasteiger partial charge in [-0.2, -0.15) is 0 Å². The summed E-state index contributed by atoms with van der Waals surface area (Å²) in [5.41, 5.74) is 10.1. The van der Waals surface area contributed by atoms with Gasteiger partial charge in [-0.25, -0.2) is 0 Å². The third-order valence-corrected chi connectivity index (χ3v) is 2.36. The van der Waals surface area contributed by atoms with Crippen molar-refractivity contribution in [2.75, 3.05) is 0 Å². The van der Waals surface area contributed by atoms with Gasteiger partial charge in [0.05, 0.1) is 6.42 Å². The summed E-state index contributed by atoms with van der Waals surface area (Å²) in [4.78, 5) is 44.2. The summed E-state index contributed by atoms with van der Waals surface area (Å²) in [7, 11) is 0. The molecule has 0 saturated carbocycles. The van der Waals surface area contributed by atoms with Crippen molar-refractivity contribution in [2.45, 2.75) is 38.8 Å². The van der Waals surface area contributed by atoms with E-state index in [1.807, 2.05) is 13.8 Å². The van der Waals surface area contributed by atoms with Crippen LogP contribution in [0.15, 0.2) is 0 Å². The summed E-state index contributed by atoms with van der Waals surface area (Å²) in [5.74, 6) is -1.94. The number of carbonyl (C=O) groups excluding carboxylic acids is 4. The van der Waals surface area contributed by atoms with Crippen molar-refractivity contribution in [3.8, 4) is 0 Å². The highest BCUT2D eigenvalue weighted by Crippen LogP contribution is 2.05. The third-order valence-electron chi connectivity index (χ3n) is 2.36. The largest absolute Gasteiger partial charge is 0.370 e. The first kappa shape index (κ1) is 16.9. The Balaban J connectivity index is 4.69. The van der Waals surface area contributed by atoms with Crippen molar-refractivity contribution in [2.24, 2.45) is 17.4 Å². The smallest absolute Gasteiger partial charge is 0.243 e. The van der Waals surface area contributed by atoms with Crippen molar-refractivity contribution in [1.29, 1.82) is 0 Å². The molecule has 0 aromatic carbocycles. The fourth-order valence-electron chi connectivity index (χ4n) is 1.50. The van der Waals surface area contributed by atoms with E-state index in [1.54, 1.807) is 0 Å². The number of nitrogens with two attached hydrogens (primary N) is 2. The first-order valence-corrected chi connectivity index (χ1v) is 5.85. The van der Waals surface area contributed by atoms with Crippen LogP contribution < -0.4 is 22.1 Å². The number of primary amides is 2. The highest BCUT2D eigenvalue weighted by molar-refractivity contribution is 5.92. The molecule has 6 N–H and O–H groups in total. The molecule has 8 heteroatoms. The van der Waals surface area contributed by atoms with Crippen LogP contribution in [0.4, 0.5) is 0 Å². The van der Waals surface area contributed by atoms with E-state index < -0.39 is 29.8 Å². The fourth-order valence-corrected chi connectivity index (χ4v) is 1.50. The van der Waals surface area contributed by atoms with Gasteiger partial charge in [0, 0.05) is 0 Å². The Morgan fingerprint density at radius 1 is 1.16 bits per heavy atom. The maximum absolute atomic E-state index is 11.8. The van der Waals surface area contributed by atoms with Crippen LogP contribution >= 0.6 is 0 Å². The molecule has 0 rings (SSSR count). The molecule has 0 radical (unpaired) electrons. The molecule has 2 atom stereocenters. The van der Waals surface area contributed by atoms with Gasteiger partial charge in [0.25, 0.3) is 0 Å². The molecule has 0 fully saturated rings. The average molecular weight is 272 g/mol. The van der Waals surface area contributed by atoms with E-state index in [0.717, 1.165) is 0 Å². The van der Waals surface area contributed by atoms with Crippen LogP contribution in [0.2, 0.25) is 0 Å². The predicted octanol–water partition coefficient (Wildman–Crippen LogP) is -2.01. The van der Waals surface area contributed by atoms with Crippen molar-refractivity contribution in [3.63, 3.8) is 0 Å². The second-order valence-corrected chi connectivity index (χ2v) is 4.60. The number of amides is 4. The van der Waals surface area contributed by atoms with Crippen molar-refractivity contribution < 1.29 is 19.2 Å². The Hall–Kier alpha value is -2.12. The molecular weight excluding hydrogens is 252 g/mol. The van der Waals surface area contributed by atoms with Crippen LogP contribution in [0.5, 0.6) is 0 Å². The minimum Gasteiger partial charge on any atom is -0.370 e.